The number of carbonyl (C=O) groups excluding carboxylic acids is 2. The van der Waals surface area contributed by atoms with E-state index in [9.17, 15) is 18.0 Å². The second kappa shape index (κ2) is 5.22. The molecule has 7 nitrogen and oxygen atoms in total. The van der Waals surface area contributed by atoms with Crippen molar-refractivity contribution in [3.8, 4) is 0 Å². The summed E-state index contributed by atoms with van der Waals surface area (Å²) in [6.07, 6.45) is 2.54. The molecular weight excluding hydrogens is 306 g/mol. The number of benzene rings is 1. The van der Waals surface area contributed by atoms with E-state index in [1.165, 1.54) is 6.07 Å². The molecule has 0 saturated carbocycles. The van der Waals surface area contributed by atoms with Gasteiger partial charge in [0.25, 0.3) is 15.9 Å². The summed E-state index contributed by atoms with van der Waals surface area (Å²) in [5.74, 6) is -0.683. The van der Waals surface area contributed by atoms with Gasteiger partial charge < -0.3 is 10.6 Å². The van der Waals surface area contributed by atoms with Gasteiger partial charge in [-0.05, 0) is 24.1 Å². The number of aldehydes is 1. The highest BCUT2D eigenvalue weighted by molar-refractivity contribution is 7.99. The molecule has 116 valence electrons. The third kappa shape index (κ3) is 2.51. The molecule has 22 heavy (non-hydrogen) atoms. The molecule has 2 heterocycles. The number of rotatable bonds is 3. The lowest BCUT2D eigenvalue weighted by Crippen LogP contribution is -2.27. The SMILES string of the molecule is N[C@@H]1CCN(c2ccc(C3=CC(=O)NS3(=O)=O)cc2C=O)C1. The van der Waals surface area contributed by atoms with E-state index in [0.29, 0.717) is 24.0 Å². The fraction of sp³-hybridized carbons (Fsp3) is 0.286. The Morgan fingerprint density at radius 1 is 1.36 bits per heavy atom. The van der Waals surface area contributed by atoms with Crippen LogP contribution in [-0.2, 0) is 14.8 Å². The monoisotopic (exact) mass is 321 g/mol. The van der Waals surface area contributed by atoms with Crippen molar-refractivity contribution in [3.05, 3.63) is 35.4 Å². The summed E-state index contributed by atoms with van der Waals surface area (Å²) in [5, 5.41) is 0. The van der Waals surface area contributed by atoms with Crippen molar-refractivity contribution < 1.29 is 18.0 Å². The normalized spacial score (nSPS) is 23.3. The van der Waals surface area contributed by atoms with Gasteiger partial charge in [-0.25, -0.2) is 13.1 Å². The molecule has 1 fully saturated rings. The molecule has 0 spiro atoms. The lowest BCUT2D eigenvalue weighted by molar-refractivity contribution is -0.114. The van der Waals surface area contributed by atoms with E-state index in [2.05, 4.69) is 0 Å². The van der Waals surface area contributed by atoms with Gasteiger partial charge >= 0.3 is 0 Å². The highest BCUT2D eigenvalue weighted by Crippen LogP contribution is 2.30. The number of carbonyl (C=O) groups is 2. The lowest BCUT2D eigenvalue weighted by Gasteiger charge is -2.20. The minimum absolute atomic E-state index is 0.0684. The Hall–Kier alpha value is -2.19. The number of amides is 1. The molecule has 1 atom stereocenters. The van der Waals surface area contributed by atoms with Gasteiger partial charge in [-0.2, -0.15) is 0 Å². The van der Waals surface area contributed by atoms with Gasteiger partial charge in [0, 0.05) is 36.5 Å². The fourth-order valence-corrected chi connectivity index (χ4v) is 3.88. The molecular formula is C14H15N3O4S. The summed E-state index contributed by atoms with van der Waals surface area (Å²) in [4.78, 5) is 24.5. The molecule has 1 amide bonds. The molecule has 1 saturated heterocycles. The van der Waals surface area contributed by atoms with Gasteiger partial charge in [0.15, 0.2) is 6.29 Å². The fourth-order valence-electron chi connectivity index (χ4n) is 2.75. The number of anilines is 1. The van der Waals surface area contributed by atoms with E-state index in [4.69, 9.17) is 5.73 Å². The first kappa shape index (κ1) is 14.7. The van der Waals surface area contributed by atoms with Crippen LogP contribution in [-0.4, -0.2) is 39.7 Å². The zero-order valence-corrected chi connectivity index (χ0v) is 12.5. The van der Waals surface area contributed by atoms with Crippen LogP contribution in [0.1, 0.15) is 22.3 Å². The third-order valence-electron chi connectivity index (χ3n) is 3.79. The summed E-state index contributed by atoms with van der Waals surface area (Å²) >= 11 is 0. The Morgan fingerprint density at radius 2 is 2.14 bits per heavy atom. The van der Waals surface area contributed by atoms with Crippen LogP contribution in [0, 0.1) is 0 Å². The van der Waals surface area contributed by atoms with Crippen LogP contribution in [0.4, 0.5) is 5.69 Å². The molecule has 2 aliphatic rings. The molecule has 0 aliphatic carbocycles. The summed E-state index contributed by atoms with van der Waals surface area (Å²) < 4.78 is 25.6. The molecule has 0 bridgehead atoms. The minimum atomic E-state index is -3.84. The van der Waals surface area contributed by atoms with Crippen molar-refractivity contribution in [2.75, 3.05) is 18.0 Å². The molecule has 2 aliphatic heterocycles. The number of nitrogens with two attached hydrogens (primary N) is 1. The Bertz CT molecular complexity index is 785. The standard InChI is InChI=1S/C14H15N3O4S/c15-11-3-4-17(7-11)12-2-1-9(5-10(12)8-18)13-6-14(19)16-22(13,20)21/h1-2,5-6,8,11H,3-4,7,15H2,(H,16,19)/t11-/m1/s1. The molecule has 1 aromatic carbocycles. The average Bonchev–Trinajstić information content (AvgIpc) is 3.00. The van der Waals surface area contributed by atoms with Gasteiger partial charge in [0.05, 0.1) is 0 Å². The maximum atomic E-state index is 11.8. The molecule has 1 aromatic rings. The van der Waals surface area contributed by atoms with E-state index >= 15 is 0 Å². The molecule has 0 aromatic heterocycles. The van der Waals surface area contributed by atoms with Crippen LogP contribution in [0.15, 0.2) is 24.3 Å². The van der Waals surface area contributed by atoms with Crippen LogP contribution in [0.3, 0.4) is 0 Å². The number of hydrogen-bond donors (Lipinski definition) is 2. The van der Waals surface area contributed by atoms with Crippen LogP contribution in [0.5, 0.6) is 0 Å². The zero-order chi connectivity index (χ0) is 15.9. The zero-order valence-electron chi connectivity index (χ0n) is 11.7. The average molecular weight is 321 g/mol. The predicted octanol–water partition coefficient (Wildman–Crippen LogP) is -0.163. The van der Waals surface area contributed by atoms with E-state index in [0.717, 1.165) is 24.7 Å². The molecule has 3 rings (SSSR count). The Labute approximate surface area is 127 Å². The van der Waals surface area contributed by atoms with E-state index in [1.807, 2.05) is 9.62 Å². The largest absolute Gasteiger partial charge is 0.369 e. The number of nitrogens with zero attached hydrogens (tertiary/aromatic N) is 1. The first-order valence-electron chi connectivity index (χ1n) is 6.79. The summed E-state index contributed by atoms with van der Waals surface area (Å²) in [6.45, 7) is 1.41. The van der Waals surface area contributed by atoms with Crippen LogP contribution in [0.25, 0.3) is 4.91 Å². The second-order valence-electron chi connectivity index (χ2n) is 5.36. The first-order valence-corrected chi connectivity index (χ1v) is 8.27. The molecule has 3 N–H and O–H groups in total. The van der Waals surface area contributed by atoms with Crippen molar-refractivity contribution in [2.24, 2.45) is 5.73 Å². The highest BCUT2D eigenvalue weighted by Gasteiger charge is 2.30. The van der Waals surface area contributed by atoms with Crippen molar-refractivity contribution in [1.29, 1.82) is 0 Å². The number of hydrogen-bond acceptors (Lipinski definition) is 6. The highest BCUT2D eigenvalue weighted by atomic mass is 32.2. The van der Waals surface area contributed by atoms with Crippen molar-refractivity contribution in [1.82, 2.24) is 4.72 Å². The van der Waals surface area contributed by atoms with Crippen molar-refractivity contribution in [3.63, 3.8) is 0 Å². The summed E-state index contributed by atoms with van der Waals surface area (Å²) in [5.41, 5.74) is 7.28. The Morgan fingerprint density at radius 3 is 2.68 bits per heavy atom. The Kier molecular flexibility index (Phi) is 3.50. The van der Waals surface area contributed by atoms with Crippen molar-refractivity contribution in [2.45, 2.75) is 12.5 Å². The topological polar surface area (TPSA) is 110 Å². The van der Waals surface area contributed by atoms with Gasteiger partial charge in [-0.3, -0.25) is 9.59 Å². The van der Waals surface area contributed by atoms with Crippen molar-refractivity contribution >= 4 is 32.8 Å². The minimum Gasteiger partial charge on any atom is -0.369 e. The second-order valence-corrected chi connectivity index (χ2v) is 7.02. The van der Waals surface area contributed by atoms with Crippen LogP contribution < -0.4 is 15.4 Å². The first-order chi connectivity index (χ1) is 10.4. The quantitative estimate of drug-likeness (QED) is 0.749. The van der Waals surface area contributed by atoms with E-state index in [-0.39, 0.29) is 10.9 Å². The summed E-state index contributed by atoms with van der Waals surface area (Å²) in [6, 6.07) is 4.83. The molecule has 0 radical (unpaired) electrons. The maximum Gasteiger partial charge on any atom is 0.265 e. The molecule has 8 heteroatoms. The maximum absolute atomic E-state index is 11.8. The lowest BCUT2D eigenvalue weighted by atomic mass is 10.1. The smallest absolute Gasteiger partial charge is 0.265 e. The van der Waals surface area contributed by atoms with Gasteiger partial charge in [-0.15, -0.1) is 0 Å². The van der Waals surface area contributed by atoms with Gasteiger partial charge in [0.2, 0.25) is 0 Å². The number of sulfonamides is 1. The van der Waals surface area contributed by atoms with E-state index in [1.54, 1.807) is 12.1 Å². The van der Waals surface area contributed by atoms with Crippen LogP contribution >= 0.6 is 0 Å². The molecule has 0 unspecified atom stereocenters. The van der Waals surface area contributed by atoms with Crippen LogP contribution in [0.2, 0.25) is 0 Å². The van der Waals surface area contributed by atoms with Gasteiger partial charge in [0.1, 0.15) is 4.91 Å². The van der Waals surface area contributed by atoms with E-state index < -0.39 is 15.9 Å². The predicted molar refractivity (Wildman–Crippen MR) is 81.7 cm³/mol. The number of nitrogens with one attached hydrogen (secondary N) is 1. The van der Waals surface area contributed by atoms with Gasteiger partial charge in [-0.1, -0.05) is 6.07 Å². The summed E-state index contributed by atoms with van der Waals surface area (Å²) in [7, 11) is -3.84. The third-order valence-corrected chi connectivity index (χ3v) is 5.19. The Balaban J connectivity index is 2.01.